The summed E-state index contributed by atoms with van der Waals surface area (Å²) in [5.74, 6) is 0.779. The number of para-hydroxylation sites is 2. The van der Waals surface area contributed by atoms with Crippen LogP contribution >= 0.6 is 22.7 Å². The summed E-state index contributed by atoms with van der Waals surface area (Å²) in [6.45, 7) is 0.367. The fourth-order valence-corrected chi connectivity index (χ4v) is 6.85. The Morgan fingerprint density at radius 3 is 1.81 bits per heavy atom. The molecule has 6 aromatic rings. The first kappa shape index (κ1) is 33.3. The van der Waals surface area contributed by atoms with E-state index in [-0.39, 0.29) is 48.0 Å². The largest absolute Gasteiger partial charge is 1.00 e. The van der Waals surface area contributed by atoms with E-state index in [0.717, 1.165) is 27.4 Å². The Morgan fingerprint density at radius 2 is 1.26 bits per heavy atom. The molecule has 218 valence electrons. The molecule has 0 aliphatic rings. The highest BCUT2D eigenvalue weighted by molar-refractivity contribution is 7.19. The van der Waals surface area contributed by atoms with Gasteiger partial charge < -0.3 is 62.7 Å². The average Bonchev–Trinajstić information content (AvgIpc) is 3.50. The Hall–Kier alpha value is -2.62. The lowest BCUT2D eigenvalue weighted by atomic mass is 9.80. The fourth-order valence-electron chi connectivity index (χ4n) is 4.74. The molecule has 0 unspecified atom stereocenters. The maximum Gasteiger partial charge on any atom is 0.488 e. The van der Waals surface area contributed by atoms with Crippen molar-refractivity contribution in [1.29, 1.82) is 0 Å². The van der Waals surface area contributed by atoms with Crippen LogP contribution in [0.3, 0.4) is 0 Å². The van der Waals surface area contributed by atoms with Crippen LogP contribution in [0.1, 0.15) is 26.7 Å². The molecule has 0 spiro atoms. The van der Waals surface area contributed by atoms with Crippen LogP contribution < -0.4 is 67.3 Å². The van der Waals surface area contributed by atoms with Gasteiger partial charge in [0.2, 0.25) is 11.0 Å². The number of aryl methyl sites for hydroxylation is 2. The van der Waals surface area contributed by atoms with Gasteiger partial charge in [0.05, 0.1) is 0 Å². The van der Waals surface area contributed by atoms with Crippen molar-refractivity contribution < 1.29 is 71.9 Å². The van der Waals surface area contributed by atoms with Crippen molar-refractivity contribution in [3.63, 3.8) is 0 Å². The van der Waals surface area contributed by atoms with Crippen molar-refractivity contribution in [2.75, 3.05) is 0 Å². The molecule has 0 aliphatic heterocycles. The maximum atomic E-state index is 9.38. The monoisotopic (exact) mass is 830 g/mol. The maximum absolute atomic E-state index is 9.38. The molecular weight excluding hydrogens is 801 g/mol. The predicted octanol–water partition coefficient (Wildman–Crippen LogP) is -0.627. The lowest BCUT2D eigenvalue weighted by Gasteiger charge is -2.11. The van der Waals surface area contributed by atoms with E-state index in [0.29, 0.717) is 12.1 Å². The first-order valence-electron chi connectivity index (χ1n) is 13.3. The minimum atomic E-state index is -1.48. The molecule has 0 radical (unpaired) electrons. The Bertz CT molecular complexity index is 1920. The quantitative estimate of drug-likeness (QED) is 0.122. The second-order valence-electron chi connectivity index (χ2n) is 9.80. The van der Waals surface area contributed by atoms with Gasteiger partial charge in [0.25, 0.3) is 10.0 Å². The molecule has 2 heterocycles. The van der Waals surface area contributed by atoms with E-state index in [1.807, 2.05) is 18.2 Å². The van der Waals surface area contributed by atoms with Crippen molar-refractivity contribution in [2.24, 2.45) is 14.1 Å². The van der Waals surface area contributed by atoms with Crippen molar-refractivity contribution in [1.82, 2.24) is 0 Å². The minimum absolute atomic E-state index is 0. The van der Waals surface area contributed by atoms with E-state index in [1.165, 1.54) is 25.4 Å². The topological polar surface area (TPSA) is 57.5 Å². The zero-order chi connectivity index (χ0) is 28.3. The highest BCUT2D eigenvalue weighted by Gasteiger charge is 2.15. The molecule has 10 heteroatoms. The van der Waals surface area contributed by atoms with Crippen LogP contribution in [0.4, 0.5) is 0 Å². The number of benzene rings is 4. The summed E-state index contributed by atoms with van der Waals surface area (Å²) in [5, 5.41) is 21.1. The summed E-state index contributed by atoms with van der Waals surface area (Å²) in [4.78, 5) is 0. The first-order chi connectivity index (χ1) is 20.0. The summed E-state index contributed by atoms with van der Waals surface area (Å²) in [6.07, 6.45) is 8.56. The third-order valence-electron chi connectivity index (χ3n) is 7.07. The summed E-state index contributed by atoms with van der Waals surface area (Å²) >= 11 is 3.53. The zero-order valence-electron chi connectivity index (χ0n) is 23.5. The smallest absolute Gasteiger partial charge is 0.488 e. The van der Waals surface area contributed by atoms with Crippen LogP contribution in [0, 0.1) is 0 Å². The van der Waals surface area contributed by atoms with Crippen LogP contribution in [0.5, 0.6) is 5.75 Å². The lowest BCUT2D eigenvalue weighted by molar-refractivity contribution is -0.642. The van der Waals surface area contributed by atoms with Crippen LogP contribution in [-0.4, -0.2) is 17.2 Å². The second-order valence-corrected chi connectivity index (χ2v) is 11.9. The molecule has 0 aliphatic carbocycles. The number of halogens is 2. The number of hydrogen-bond acceptors (Lipinski definition) is 5. The summed E-state index contributed by atoms with van der Waals surface area (Å²) in [7, 11) is 2.71. The molecule has 0 amide bonds. The SMILES string of the molecule is C[n+]1c(/C=C/c2ccc(OCc3ccc(B(O)O)cc3)c(/C=C/c3sc4ccccc4[n+]3C)c2)sc2ccccc21.[I-].[I-]. The summed E-state index contributed by atoms with van der Waals surface area (Å²) < 4.78 is 13.2. The van der Waals surface area contributed by atoms with Crippen LogP contribution in [-0.2, 0) is 20.7 Å². The zero-order valence-corrected chi connectivity index (χ0v) is 29.5. The van der Waals surface area contributed by atoms with Crippen molar-refractivity contribution in [2.45, 2.75) is 6.61 Å². The number of aromatic nitrogens is 2. The molecule has 0 saturated heterocycles. The number of fused-ring (bicyclic) bond motifs is 2. The number of nitrogens with zero attached hydrogens (tertiary/aromatic N) is 2. The summed E-state index contributed by atoms with van der Waals surface area (Å²) in [5.41, 5.74) is 5.89. The highest BCUT2D eigenvalue weighted by Crippen LogP contribution is 2.27. The number of thiazole rings is 2. The van der Waals surface area contributed by atoms with Crippen molar-refractivity contribution in [3.8, 4) is 5.75 Å². The Labute approximate surface area is 293 Å². The van der Waals surface area contributed by atoms with Gasteiger partial charge in [-0.15, -0.1) is 0 Å². The van der Waals surface area contributed by atoms with Gasteiger partial charge in [0.15, 0.2) is 0 Å². The van der Waals surface area contributed by atoms with Crippen molar-refractivity contribution in [3.05, 3.63) is 118 Å². The fraction of sp³-hybridized carbons (Fsp3) is 0.0909. The van der Waals surface area contributed by atoms with E-state index in [1.54, 1.807) is 34.8 Å². The summed E-state index contributed by atoms with van der Waals surface area (Å²) in [6, 6.07) is 30.2. The molecule has 2 aromatic heterocycles. The van der Waals surface area contributed by atoms with E-state index < -0.39 is 7.12 Å². The molecule has 43 heavy (non-hydrogen) atoms. The normalized spacial score (nSPS) is 11.3. The molecular formula is C33H29BI2N2O3S2. The van der Waals surface area contributed by atoms with Gasteiger partial charge in [-0.3, -0.25) is 0 Å². The number of ether oxygens (including phenoxy) is 1. The van der Waals surface area contributed by atoms with Gasteiger partial charge >= 0.3 is 7.12 Å². The molecule has 0 fully saturated rings. The van der Waals surface area contributed by atoms with Gasteiger partial charge in [-0.1, -0.05) is 77.3 Å². The first-order valence-corrected chi connectivity index (χ1v) is 14.9. The molecule has 6 rings (SSSR count). The van der Waals surface area contributed by atoms with Crippen LogP contribution in [0.15, 0.2) is 91.0 Å². The molecule has 0 bridgehead atoms. The van der Waals surface area contributed by atoms with Gasteiger partial charge in [0, 0.05) is 29.8 Å². The predicted molar refractivity (Wildman–Crippen MR) is 171 cm³/mol. The van der Waals surface area contributed by atoms with Crippen LogP contribution in [0.25, 0.3) is 44.7 Å². The van der Waals surface area contributed by atoms with E-state index >= 15 is 0 Å². The standard InChI is InChI=1S/C33H29BN2O3S2.2HI/c1-35-27-7-3-5-9-30(27)40-32(35)19-14-23-13-18-29(39-22-24-11-16-26(17-12-24)34(37)38)25(21-23)15-20-33-36(2)28-8-4-6-10-31(28)41-33;;/h3-21,37-38H,22H2,1-2H3;2*1H/q+2;;/p-2/b19-14+,20-15+;;. The van der Waals surface area contributed by atoms with E-state index in [2.05, 4.69) is 108 Å². The Morgan fingerprint density at radius 1 is 0.698 bits per heavy atom. The third-order valence-corrected chi connectivity index (χ3v) is 9.44. The van der Waals surface area contributed by atoms with E-state index in [4.69, 9.17) is 4.74 Å². The molecule has 4 aromatic carbocycles. The van der Waals surface area contributed by atoms with Gasteiger partial charge in [-0.25, -0.2) is 0 Å². The molecule has 5 nitrogen and oxygen atoms in total. The Kier molecular flexibility index (Phi) is 11.5. The van der Waals surface area contributed by atoms with Gasteiger partial charge in [0.1, 0.15) is 35.9 Å². The molecule has 2 N–H and O–H groups in total. The molecule has 0 saturated carbocycles. The Balaban J connectivity index is 0.00000212. The lowest BCUT2D eigenvalue weighted by Crippen LogP contribution is -3.00. The van der Waals surface area contributed by atoms with Gasteiger partial charge in [-0.2, -0.15) is 9.13 Å². The highest BCUT2D eigenvalue weighted by atomic mass is 127. The van der Waals surface area contributed by atoms with E-state index in [9.17, 15) is 10.0 Å². The third kappa shape index (κ3) is 7.55. The molecule has 0 atom stereocenters. The van der Waals surface area contributed by atoms with Gasteiger partial charge in [-0.05, 0) is 53.0 Å². The average molecular weight is 830 g/mol. The number of hydrogen-bond donors (Lipinski definition) is 2. The second kappa shape index (κ2) is 14.9. The van der Waals surface area contributed by atoms with Crippen molar-refractivity contribution >= 4 is 80.0 Å². The minimum Gasteiger partial charge on any atom is -1.00 e. The number of rotatable bonds is 8. The van der Waals surface area contributed by atoms with Crippen LogP contribution in [0.2, 0.25) is 0 Å².